The second kappa shape index (κ2) is 8.44. The van der Waals surface area contributed by atoms with E-state index in [1.165, 1.54) is 0 Å². The van der Waals surface area contributed by atoms with Crippen molar-refractivity contribution in [2.24, 2.45) is 5.73 Å². The number of hydrogen-bond donors (Lipinski definition) is 1. The van der Waals surface area contributed by atoms with Gasteiger partial charge in [-0.2, -0.15) is 0 Å². The Hall–Kier alpha value is -0.930. The number of amides is 1. The summed E-state index contributed by atoms with van der Waals surface area (Å²) < 4.78 is 24.1. The van der Waals surface area contributed by atoms with E-state index in [9.17, 15) is 13.2 Å². The molecule has 0 aliphatic carbocycles. The van der Waals surface area contributed by atoms with Gasteiger partial charge in [-0.1, -0.05) is 6.07 Å². The molecule has 0 radical (unpaired) electrons. The Morgan fingerprint density at radius 2 is 1.92 bits per heavy atom. The fraction of sp³-hybridized carbons (Fsp3) is 0.571. The standard InChI is InChI=1S/C14H20N4O3S.2ClH/c15-7-14(19)18-6-5-17(8-11-3-1-2-4-16-11)12-9-22(20,21)10-13(12)18;;/h1-4,12-13H,5-10,15H2;2*1H/t12-,13+;;/m1../s1. The van der Waals surface area contributed by atoms with Gasteiger partial charge in [0.15, 0.2) is 9.84 Å². The van der Waals surface area contributed by atoms with Crippen LogP contribution in [0.5, 0.6) is 0 Å². The molecule has 1 aromatic heterocycles. The van der Waals surface area contributed by atoms with Crippen molar-refractivity contribution in [1.82, 2.24) is 14.8 Å². The van der Waals surface area contributed by atoms with E-state index in [4.69, 9.17) is 5.73 Å². The predicted octanol–water partition coefficient (Wildman–Crippen LogP) is -0.306. The molecule has 1 aromatic rings. The summed E-state index contributed by atoms with van der Waals surface area (Å²) in [6, 6.07) is 5.23. The van der Waals surface area contributed by atoms with Crippen LogP contribution < -0.4 is 5.73 Å². The zero-order valence-electron chi connectivity index (χ0n) is 13.1. The molecule has 0 spiro atoms. The first-order valence-corrected chi connectivity index (χ1v) is 9.16. The molecule has 3 heterocycles. The van der Waals surface area contributed by atoms with Crippen LogP contribution in [0.2, 0.25) is 0 Å². The SMILES string of the molecule is Cl.Cl.NCC(=O)N1CCN(Cc2ccccn2)[C@@H]2CS(=O)(=O)C[C@@H]21. The Labute approximate surface area is 154 Å². The Morgan fingerprint density at radius 3 is 2.54 bits per heavy atom. The van der Waals surface area contributed by atoms with Crippen molar-refractivity contribution in [2.75, 3.05) is 31.1 Å². The molecule has 1 amide bonds. The largest absolute Gasteiger partial charge is 0.335 e. The van der Waals surface area contributed by atoms with Crippen LogP contribution in [0.15, 0.2) is 24.4 Å². The molecule has 24 heavy (non-hydrogen) atoms. The molecule has 2 N–H and O–H groups in total. The third-order valence-corrected chi connectivity index (χ3v) is 6.08. The quantitative estimate of drug-likeness (QED) is 0.752. The first kappa shape index (κ1) is 21.1. The molecule has 2 atom stereocenters. The van der Waals surface area contributed by atoms with E-state index in [1.807, 2.05) is 18.2 Å². The molecule has 2 aliphatic heterocycles. The molecule has 0 aromatic carbocycles. The van der Waals surface area contributed by atoms with Gasteiger partial charge >= 0.3 is 0 Å². The lowest BCUT2D eigenvalue weighted by molar-refractivity contribution is -0.135. The maximum Gasteiger partial charge on any atom is 0.236 e. The van der Waals surface area contributed by atoms with Crippen LogP contribution in [0.4, 0.5) is 0 Å². The van der Waals surface area contributed by atoms with Crippen molar-refractivity contribution < 1.29 is 13.2 Å². The van der Waals surface area contributed by atoms with Crippen LogP contribution >= 0.6 is 24.8 Å². The van der Waals surface area contributed by atoms with E-state index < -0.39 is 9.84 Å². The molecule has 0 unspecified atom stereocenters. The van der Waals surface area contributed by atoms with Gasteiger partial charge in [-0.05, 0) is 12.1 Å². The fourth-order valence-electron chi connectivity index (χ4n) is 3.35. The van der Waals surface area contributed by atoms with Crippen LogP contribution in [-0.4, -0.2) is 72.3 Å². The summed E-state index contributed by atoms with van der Waals surface area (Å²) in [6.07, 6.45) is 1.73. The maximum absolute atomic E-state index is 12.0. The molecule has 2 saturated heterocycles. The Kier molecular flexibility index (Phi) is 7.43. The Balaban J connectivity index is 0.00000144. The van der Waals surface area contributed by atoms with Gasteiger partial charge in [-0.25, -0.2) is 8.42 Å². The van der Waals surface area contributed by atoms with Crippen molar-refractivity contribution in [3.8, 4) is 0 Å². The number of carbonyl (C=O) groups excluding carboxylic acids is 1. The van der Waals surface area contributed by atoms with Crippen molar-refractivity contribution in [3.05, 3.63) is 30.1 Å². The van der Waals surface area contributed by atoms with Gasteiger partial charge in [0.2, 0.25) is 5.91 Å². The number of rotatable bonds is 3. The fourth-order valence-corrected chi connectivity index (χ4v) is 5.36. The lowest BCUT2D eigenvalue weighted by Crippen LogP contribution is -2.61. The number of aromatic nitrogens is 1. The lowest BCUT2D eigenvalue weighted by Gasteiger charge is -2.43. The zero-order chi connectivity index (χ0) is 15.7. The molecule has 0 saturated carbocycles. The number of piperazine rings is 1. The highest BCUT2D eigenvalue weighted by Crippen LogP contribution is 2.27. The third-order valence-electron chi connectivity index (χ3n) is 4.38. The minimum Gasteiger partial charge on any atom is -0.335 e. The number of sulfone groups is 1. The van der Waals surface area contributed by atoms with E-state index in [1.54, 1.807) is 11.1 Å². The van der Waals surface area contributed by atoms with Gasteiger partial charge in [0.25, 0.3) is 0 Å². The van der Waals surface area contributed by atoms with Gasteiger partial charge in [-0.3, -0.25) is 14.7 Å². The molecular weight excluding hydrogens is 375 g/mol. The number of nitrogens with two attached hydrogens (primary N) is 1. The van der Waals surface area contributed by atoms with Crippen LogP contribution in [-0.2, 0) is 21.2 Å². The molecular formula is C14H22Cl2N4O3S. The summed E-state index contributed by atoms with van der Waals surface area (Å²) in [5.74, 6) is -0.0503. The van der Waals surface area contributed by atoms with Crippen molar-refractivity contribution in [1.29, 1.82) is 0 Å². The van der Waals surface area contributed by atoms with E-state index >= 15 is 0 Å². The first-order chi connectivity index (χ1) is 10.5. The van der Waals surface area contributed by atoms with E-state index in [-0.39, 0.29) is 60.9 Å². The second-order valence-corrected chi connectivity index (χ2v) is 7.95. The van der Waals surface area contributed by atoms with Crippen molar-refractivity contribution >= 4 is 40.6 Å². The van der Waals surface area contributed by atoms with Gasteiger partial charge < -0.3 is 10.6 Å². The Bertz CT molecular complexity index is 659. The Morgan fingerprint density at radius 1 is 1.21 bits per heavy atom. The average molecular weight is 397 g/mol. The number of halogens is 2. The minimum absolute atomic E-state index is 0. The van der Waals surface area contributed by atoms with E-state index in [0.29, 0.717) is 19.6 Å². The van der Waals surface area contributed by atoms with Gasteiger partial charge in [-0.15, -0.1) is 24.8 Å². The smallest absolute Gasteiger partial charge is 0.236 e. The highest BCUT2D eigenvalue weighted by molar-refractivity contribution is 7.91. The maximum atomic E-state index is 12.0. The molecule has 3 rings (SSSR count). The van der Waals surface area contributed by atoms with E-state index in [2.05, 4.69) is 9.88 Å². The molecule has 0 bridgehead atoms. The molecule has 7 nitrogen and oxygen atoms in total. The first-order valence-electron chi connectivity index (χ1n) is 7.34. The van der Waals surface area contributed by atoms with Crippen LogP contribution in [0.25, 0.3) is 0 Å². The summed E-state index contributed by atoms with van der Waals surface area (Å²) in [6.45, 7) is 1.67. The second-order valence-electron chi connectivity index (χ2n) is 5.79. The highest BCUT2D eigenvalue weighted by Gasteiger charge is 2.47. The lowest BCUT2D eigenvalue weighted by atomic mass is 10.0. The monoisotopic (exact) mass is 396 g/mol. The molecule has 136 valence electrons. The van der Waals surface area contributed by atoms with Crippen molar-refractivity contribution in [2.45, 2.75) is 18.6 Å². The number of hydrogen-bond acceptors (Lipinski definition) is 6. The summed E-state index contributed by atoms with van der Waals surface area (Å²) in [5.41, 5.74) is 6.35. The average Bonchev–Trinajstić information content (AvgIpc) is 2.83. The topological polar surface area (TPSA) is 96.6 Å². The number of nitrogens with zero attached hydrogens (tertiary/aromatic N) is 3. The number of pyridine rings is 1. The molecule has 2 fully saturated rings. The summed E-state index contributed by atoms with van der Waals surface area (Å²) in [4.78, 5) is 20.0. The van der Waals surface area contributed by atoms with Crippen LogP contribution in [0.1, 0.15) is 5.69 Å². The molecule has 2 aliphatic rings. The van der Waals surface area contributed by atoms with E-state index in [0.717, 1.165) is 5.69 Å². The van der Waals surface area contributed by atoms with Gasteiger partial charge in [0.05, 0.1) is 29.8 Å². The predicted molar refractivity (Wildman–Crippen MR) is 96.1 cm³/mol. The normalized spacial score (nSPS) is 25.3. The number of carbonyl (C=O) groups is 1. The third kappa shape index (κ3) is 4.37. The molecule has 10 heteroatoms. The zero-order valence-corrected chi connectivity index (χ0v) is 15.5. The summed E-state index contributed by atoms with van der Waals surface area (Å²) in [7, 11) is -3.13. The van der Waals surface area contributed by atoms with Gasteiger partial charge in [0.1, 0.15) is 0 Å². The van der Waals surface area contributed by atoms with Crippen LogP contribution in [0.3, 0.4) is 0 Å². The van der Waals surface area contributed by atoms with Gasteiger partial charge in [0, 0.05) is 31.9 Å². The highest BCUT2D eigenvalue weighted by atomic mass is 35.5. The van der Waals surface area contributed by atoms with Crippen molar-refractivity contribution in [3.63, 3.8) is 0 Å². The summed E-state index contributed by atoms with van der Waals surface area (Å²) >= 11 is 0. The number of fused-ring (bicyclic) bond motifs is 1. The van der Waals surface area contributed by atoms with Crippen LogP contribution in [0, 0.1) is 0 Å². The minimum atomic E-state index is -3.13. The summed E-state index contributed by atoms with van der Waals surface area (Å²) in [5, 5.41) is 0.